The molecular weight excluding hydrogens is 316 g/mol. The first-order valence-corrected chi connectivity index (χ1v) is 8.98. The van der Waals surface area contributed by atoms with Gasteiger partial charge in [0.2, 0.25) is 5.91 Å². The maximum atomic E-state index is 12.6. The van der Waals surface area contributed by atoms with Gasteiger partial charge in [-0.3, -0.25) is 4.79 Å². The van der Waals surface area contributed by atoms with Crippen LogP contribution in [0.4, 0.5) is 4.79 Å². The number of amides is 2. The van der Waals surface area contributed by atoms with Gasteiger partial charge < -0.3 is 15.0 Å². The predicted molar refractivity (Wildman–Crippen MR) is 98.0 cm³/mol. The highest BCUT2D eigenvalue weighted by Gasteiger charge is 2.33. The summed E-state index contributed by atoms with van der Waals surface area (Å²) in [7, 11) is 0. The van der Waals surface area contributed by atoms with Crippen molar-refractivity contribution in [2.75, 3.05) is 6.54 Å². The first-order valence-electron chi connectivity index (χ1n) is 8.98. The second-order valence-electron chi connectivity index (χ2n) is 7.98. The van der Waals surface area contributed by atoms with Crippen LogP contribution in [-0.4, -0.2) is 29.0 Å². The van der Waals surface area contributed by atoms with Crippen LogP contribution in [0.2, 0.25) is 0 Å². The molecule has 1 aliphatic heterocycles. The van der Waals surface area contributed by atoms with Gasteiger partial charge in [0.15, 0.2) is 0 Å². The smallest absolute Gasteiger partial charge is 0.410 e. The number of hydrogen-bond acceptors (Lipinski definition) is 3. The number of carbonyl (C=O) groups excluding carboxylic acids is 2. The number of likely N-dealkylation sites (tertiary alicyclic amines) is 1. The van der Waals surface area contributed by atoms with Gasteiger partial charge in [0.1, 0.15) is 5.60 Å². The molecule has 25 heavy (non-hydrogen) atoms. The molecule has 0 saturated carbocycles. The summed E-state index contributed by atoms with van der Waals surface area (Å²) in [4.78, 5) is 25.5. The van der Waals surface area contributed by atoms with Crippen molar-refractivity contribution in [2.45, 2.75) is 65.6 Å². The Morgan fingerprint density at radius 3 is 2.40 bits per heavy atom. The number of benzene rings is 1. The highest BCUT2D eigenvalue weighted by atomic mass is 16.6. The number of rotatable bonds is 3. The molecule has 0 aromatic heterocycles. The van der Waals surface area contributed by atoms with E-state index >= 15 is 0 Å². The summed E-state index contributed by atoms with van der Waals surface area (Å²) in [5.74, 6) is 0.434. The standard InChI is InChI=1S/C20H30N2O3/c1-14-6-11-18(22(13-14)19(24)25-20(3,4)5)17-9-7-16(8-10-17)12-21-15(2)23/h7-10,14,18H,6,11-13H2,1-5H3,(H,21,23)/t14-,18+/m0/s1. The van der Waals surface area contributed by atoms with Gasteiger partial charge in [-0.15, -0.1) is 0 Å². The van der Waals surface area contributed by atoms with E-state index in [0.29, 0.717) is 19.0 Å². The van der Waals surface area contributed by atoms with E-state index in [-0.39, 0.29) is 18.0 Å². The molecule has 0 aliphatic carbocycles. The third-order valence-corrected chi connectivity index (χ3v) is 4.35. The second-order valence-corrected chi connectivity index (χ2v) is 7.98. The lowest BCUT2D eigenvalue weighted by atomic mass is 9.90. The fourth-order valence-electron chi connectivity index (χ4n) is 3.11. The van der Waals surface area contributed by atoms with Crippen LogP contribution in [0.5, 0.6) is 0 Å². The number of ether oxygens (including phenoxy) is 1. The fourth-order valence-corrected chi connectivity index (χ4v) is 3.11. The summed E-state index contributed by atoms with van der Waals surface area (Å²) in [5.41, 5.74) is 1.67. The molecule has 1 aromatic carbocycles. The van der Waals surface area contributed by atoms with E-state index in [1.807, 2.05) is 37.8 Å². The minimum atomic E-state index is -0.496. The molecule has 1 saturated heterocycles. The van der Waals surface area contributed by atoms with Crippen molar-refractivity contribution in [1.29, 1.82) is 0 Å². The zero-order valence-corrected chi connectivity index (χ0v) is 16.0. The van der Waals surface area contributed by atoms with E-state index in [4.69, 9.17) is 4.74 Å². The monoisotopic (exact) mass is 346 g/mol. The van der Waals surface area contributed by atoms with Crippen LogP contribution < -0.4 is 5.32 Å². The number of carbonyl (C=O) groups is 2. The van der Waals surface area contributed by atoms with Crippen molar-refractivity contribution in [2.24, 2.45) is 5.92 Å². The largest absolute Gasteiger partial charge is 0.444 e. The SMILES string of the molecule is CC(=O)NCc1ccc([C@H]2CC[C@H](C)CN2C(=O)OC(C)(C)C)cc1. The molecule has 1 fully saturated rings. The van der Waals surface area contributed by atoms with Gasteiger partial charge >= 0.3 is 6.09 Å². The van der Waals surface area contributed by atoms with E-state index in [2.05, 4.69) is 24.4 Å². The van der Waals surface area contributed by atoms with E-state index in [0.717, 1.165) is 24.0 Å². The summed E-state index contributed by atoms with van der Waals surface area (Å²) in [5, 5.41) is 2.80. The molecule has 1 aliphatic rings. The van der Waals surface area contributed by atoms with Crippen LogP contribution >= 0.6 is 0 Å². The first-order chi connectivity index (χ1) is 11.7. The van der Waals surface area contributed by atoms with Crippen molar-refractivity contribution in [1.82, 2.24) is 10.2 Å². The Morgan fingerprint density at radius 2 is 1.84 bits per heavy atom. The lowest BCUT2D eigenvalue weighted by Crippen LogP contribution is -2.44. The van der Waals surface area contributed by atoms with Crippen molar-refractivity contribution < 1.29 is 14.3 Å². The van der Waals surface area contributed by atoms with Crippen LogP contribution in [0.25, 0.3) is 0 Å². The van der Waals surface area contributed by atoms with Crippen molar-refractivity contribution in [3.05, 3.63) is 35.4 Å². The zero-order valence-electron chi connectivity index (χ0n) is 16.0. The average molecular weight is 346 g/mol. The normalized spacial score (nSPS) is 20.9. The minimum Gasteiger partial charge on any atom is -0.444 e. The number of hydrogen-bond donors (Lipinski definition) is 1. The average Bonchev–Trinajstić information content (AvgIpc) is 2.52. The first kappa shape index (κ1) is 19.3. The van der Waals surface area contributed by atoms with Gasteiger partial charge in [-0.05, 0) is 50.7 Å². The molecule has 2 amide bonds. The molecule has 1 aromatic rings. The molecule has 5 heteroatoms. The van der Waals surface area contributed by atoms with E-state index < -0.39 is 5.60 Å². The van der Waals surface area contributed by atoms with Gasteiger partial charge in [0.05, 0.1) is 6.04 Å². The Balaban J connectivity index is 2.13. The molecule has 0 spiro atoms. The predicted octanol–water partition coefficient (Wildman–Crippen LogP) is 4.03. The summed E-state index contributed by atoms with van der Waals surface area (Å²) in [6.07, 6.45) is 1.79. The number of nitrogens with zero attached hydrogens (tertiary/aromatic N) is 1. The van der Waals surface area contributed by atoms with Crippen LogP contribution in [0.15, 0.2) is 24.3 Å². The fraction of sp³-hybridized carbons (Fsp3) is 0.600. The molecule has 2 rings (SSSR count). The molecule has 1 N–H and O–H groups in total. The van der Waals surface area contributed by atoms with Crippen LogP contribution in [0.1, 0.15) is 64.6 Å². The number of nitrogens with one attached hydrogen (secondary N) is 1. The molecule has 138 valence electrons. The van der Waals surface area contributed by atoms with Gasteiger partial charge in [0, 0.05) is 20.0 Å². The van der Waals surface area contributed by atoms with Gasteiger partial charge in [-0.1, -0.05) is 31.2 Å². The molecule has 0 unspecified atom stereocenters. The maximum Gasteiger partial charge on any atom is 0.410 e. The Labute approximate surface area is 150 Å². The van der Waals surface area contributed by atoms with E-state index in [1.54, 1.807) is 0 Å². The number of piperidine rings is 1. The van der Waals surface area contributed by atoms with E-state index in [9.17, 15) is 9.59 Å². The topological polar surface area (TPSA) is 58.6 Å². The Kier molecular flexibility index (Phi) is 6.09. The summed E-state index contributed by atoms with van der Waals surface area (Å²) in [6.45, 7) is 10.6. The second kappa shape index (κ2) is 7.89. The molecule has 2 atom stereocenters. The Bertz CT molecular complexity index is 604. The zero-order chi connectivity index (χ0) is 18.6. The van der Waals surface area contributed by atoms with E-state index in [1.165, 1.54) is 6.92 Å². The van der Waals surface area contributed by atoms with Crippen LogP contribution in [0, 0.1) is 5.92 Å². The summed E-state index contributed by atoms with van der Waals surface area (Å²) < 4.78 is 5.61. The Hall–Kier alpha value is -2.04. The van der Waals surface area contributed by atoms with Crippen LogP contribution in [0.3, 0.4) is 0 Å². The summed E-state index contributed by atoms with van der Waals surface area (Å²) in [6, 6.07) is 8.16. The van der Waals surface area contributed by atoms with Crippen molar-refractivity contribution in [3.63, 3.8) is 0 Å². The molecule has 1 heterocycles. The minimum absolute atomic E-state index is 0.0403. The van der Waals surface area contributed by atoms with Gasteiger partial charge in [-0.25, -0.2) is 4.79 Å². The van der Waals surface area contributed by atoms with Crippen LogP contribution in [-0.2, 0) is 16.1 Å². The maximum absolute atomic E-state index is 12.6. The van der Waals surface area contributed by atoms with Gasteiger partial charge in [0.25, 0.3) is 0 Å². The lowest BCUT2D eigenvalue weighted by Gasteiger charge is -2.39. The molecular formula is C20H30N2O3. The third-order valence-electron chi connectivity index (χ3n) is 4.35. The van der Waals surface area contributed by atoms with Gasteiger partial charge in [-0.2, -0.15) is 0 Å². The molecule has 5 nitrogen and oxygen atoms in total. The highest BCUT2D eigenvalue weighted by molar-refractivity contribution is 5.72. The quantitative estimate of drug-likeness (QED) is 0.899. The third kappa shape index (κ3) is 5.76. The Morgan fingerprint density at radius 1 is 1.20 bits per heavy atom. The summed E-state index contributed by atoms with van der Waals surface area (Å²) >= 11 is 0. The van der Waals surface area contributed by atoms with Crippen molar-refractivity contribution >= 4 is 12.0 Å². The molecule has 0 bridgehead atoms. The van der Waals surface area contributed by atoms with Crippen molar-refractivity contribution in [3.8, 4) is 0 Å². The molecule has 0 radical (unpaired) electrons. The lowest BCUT2D eigenvalue weighted by molar-refractivity contribution is -0.119. The highest BCUT2D eigenvalue weighted by Crippen LogP contribution is 2.34.